The lowest BCUT2D eigenvalue weighted by atomic mass is 10.1. The van der Waals surface area contributed by atoms with Gasteiger partial charge in [-0.2, -0.15) is 13.2 Å². The lowest BCUT2D eigenvalue weighted by Gasteiger charge is -2.18. The van der Waals surface area contributed by atoms with E-state index in [9.17, 15) is 18.0 Å². The van der Waals surface area contributed by atoms with Crippen molar-refractivity contribution in [3.05, 3.63) is 28.8 Å². The lowest BCUT2D eigenvalue weighted by molar-refractivity contribution is -0.198. The van der Waals surface area contributed by atoms with Gasteiger partial charge < -0.3 is 9.84 Å². The Morgan fingerprint density at radius 3 is 2.37 bits per heavy atom. The van der Waals surface area contributed by atoms with Gasteiger partial charge in [-0.1, -0.05) is 6.07 Å². The van der Waals surface area contributed by atoms with Gasteiger partial charge in [-0.3, -0.25) is 4.79 Å². The van der Waals surface area contributed by atoms with E-state index in [0.29, 0.717) is 5.56 Å². The van der Waals surface area contributed by atoms with E-state index < -0.39 is 24.7 Å². The number of carboxylic acids is 1. The Morgan fingerprint density at radius 2 is 1.89 bits per heavy atom. The molecule has 0 spiro atoms. The SMILES string of the molecule is Cc1cc(C)c(C)c(OCC(C(=O)O)C(F)(F)F)c1. The maximum atomic E-state index is 12.5. The fraction of sp³-hybridized carbons (Fsp3) is 0.462. The highest BCUT2D eigenvalue weighted by atomic mass is 19.4. The summed E-state index contributed by atoms with van der Waals surface area (Å²) in [6.45, 7) is 4.39. The number of halogens is 3. The van der Waals surface area contributed by atoms with Gasteiger partial charge in [0, 0.05) is 0 Å². The highest BCUT2D eigenvalue weighted by Gasteiger charge is 2.45. The number of carboxylic acid groups (broad SMARTS) is 1. The number of carbonyl (C=O) groups is 1. The van der Waals surface area contributed by atoms with Gasteiger partial charge in [-0.25, -0.2) is 0 Å². The van der Waals surface area contributed by atoms with Crippen LogP contribution in [0.3, 0.4) is 0 Å². The summed E-state index contributed by atoms with van der Waals surface area (Å²) in [5, 5.41) is 8.57. The molecule has 0 amide bonds. The molecule has 1 aromatic carbocycles. The van der Waals surface area contributed by atoms with Crippen LogP contribution in [-0.2, 0) is 4.79 Å². The number of ether oxygens (including phenoxy) is 1. The minimum atomic E-state index is -4.82. The number of benzene rings is 1. The molecular formula is C13H15F3O3. The highest BCUT2D eigenvalue weighted by Crippen LogP contribution is 2.29. The maximum absolute atomic E-state index is 12.5. The van der Waals surface area contributed by atoms with Crippen molar-refractivity contribution in [1.29, 1.82) is 0 Å². The first-order valence-electron chi connectivity index (χ1n) is 5.63. The third kappa shape index (κ3) is 3.87. The van der Waals surface area contributed by atoms with Crippen molar-refractivity contribution < 1.29 is 27.8 Å². The van der Waals surface area contributed by atoms with E-state index in [-0.39, 0.29) is 5.75 Å². The number of aliphatic carboxylic acids is 1. The molecule has 0 aliphatic heterocycles. The van der Waals surface area contributed by atoms with Crippen molar-refractivity contribution in [3.63, 3.8) is 0 Å². The molecule has 0 saturated carbocycles. The predicted octanol–water partition coefficient (Wildman–Crippen LogP) is 3.25. The number of alkyl halides is 3. The van der Waals surface area contributed by atoms with E-state index >= 15 is 0 Å². The Kier molecular flexibility index (Phi) is 4.44. The van der Waals surface area contributed by atoms with Crippen molar-refractivity contribution in [3.8, 4) is 5.75 Å². The number of hydrogen-bond acceptors (Lipinski definition) is 2. The van der Waals surface area contributed by atoms with Gasteiger partial charge in [-0.05, 0) is 43.5 Å². The van der Waals surface area contributed by atoms with E-state index in [4.69, 9.17) is 9.84 Å². The van der Waals surface area contributed by atoms with Crippen molar-refractivity contribution in [2.24, 2.45) is 5.92 Å². The molecule has 0 bridgehead atoms. The number of rotatable bonds is 4. The largest absolute Gasteiger partial charge is 0.492 e. The molecule has 0 fully saturated rings. The molecule has 19 heavy (non-hydrogen) atoms. The second-order valence-corrected chi connectivity index (χ2v) is 4.45. The first kappa shape index (κ1) is 15.3. The fourth-order valence-electron chi connectivity index (χ4n) is 1.63. The third-order valence-electron chi connectivity index (χ3n) is 2.86. The Bertz CT molecular complexity index is 481. The molecule has 6 heteroatoms. The van der Waals surface area contributed by atoms with E-state index in [1.807, 2.05) is 13.0 Å². The second-order valence-electron chi connectivity index (χ2n) is 4.45. The van der Waals surface area contributed by atoms with Crippen LogP contribution in [0.15, 0.2) is 12.1 Å². The number of aryl methyl sites for hydroxylation is 2. The third-order valence-corrected chi connectivity index (χ3v) is 2.86. The lowest BCUT2D eigenvalue weighted by Crippen LogP contribution is -2.35. The summed E-state index contributed by atoms with van der Waals surface area (Å²) in [5.41, 5.74) is 2.43. The van der Waals surface area contributed by atoms with E-state index in [0.717, 1.165) is 11.1 Å². The maximum Gasteiger partial charge on any atom is 0.405 e. The molecule has 1 atom stereocenters. The number of hydrogen-bond donors (Lipinski definition) is 1. The molecule has 0 aromatic heterocycles. The summed E-state index contributed by atoms with van der Waals surface area (Å²) in [6, 6.07) is 3.47. The van der Waals surface area contributed by atoms with Crippen molar-refractivity contribution in [1.82, 2.24) is 0 Å². The van der Waals surface area contributed by atoms with Crippen LogP contribution in [0.5, 0.6) is 5.75 Å². The van der Waals surface area contributed by atoms with Gasteiger partial charge in [0.05, 0.1) is 0 Å². The van der Waals surface area contributed by atoms with Crippen molar-refractivity contribution in [2.75, 3.05) is 6.61 Å². The van der Waals surface area contributed by atoms with E-state index in [1.165, 1.54) is 0 Å². The van der Waals surface area contributed by atoms with Gasteiger partial charge in [0.1, 0.15) is 12.4 Å². The van der Waals surface area contributed by atoms with Crippen LogP contribution >= 0.6 is 0 Å². The Labute approximate surface area is 109 Å². The summed E-state index contributed by atoms with van der Waals surface area (Å²) in [7, 11) is 0. The Hall–Kier alpha value is -1.72. The minimum Gasteiger partial charge on any atom is -0.492 e. The van der Waals surface area contributed by atoms with Gasteiger partial charge in [0.2, 0.25) is 0 Å². The molecule has 1 N–H and O–H groups in total. The molecule has 0 radical (unpaired) electrons. The summed E-state index contributed by atoms with van der Waals surface area (Å²) in [4.78, 5) is 10.6. The van der Waals surface area contributed by atoms with Crippen LogP contribution in [0.4, 0.5) is 13.2 Å². The molecular weight excluding hydrogens is 261 g/mol. The van der Waals surface area contributed by atoms with Crippen LogP contribution in [-0.4, -0.2) is 23.9 Å². The smallest absolute Gasteiger partial charge is 0.405 e. The van der Waals surface area contributed by atoms with Crippen LogP contribution in [0.1, 0.15) is 16.7 Å². The second kappa shape index (κ2) is 5.50. The zero-order valence-electron chi connectivity index (χ0n) is 10.8. The molecule has 1 rings (SSSR count). The van der Waals surface area contributed by atoms with Crippen LogP contribution in [0.2, 0.25) is 0 Å². The molecule has 0 aliphatic carbocycles. The van der Waals surface area contributed by atoms with Gasteiger partial charge >= 0.3 is 12.1 Å². The first-order chi connectivity index (χ1) is 8.62. The van der Waals surface area contributed by atoms with E-state index in [1.54, 1.807) is 19.9 Å². The summed E-state index contributed by atoms with van der Waals surface area (Å²) < 4.78 is 42.5. The zero-order valence-corrected chi connectivity index (χ0v) is 10.8. The van der Waals surface area contributed by atoms with E-state index in [2.05, 4.69) is 0 Å². The van der Waals surface area contributed by atoms with Crippen LogP contribution in [0.25, 0.3) is 0 Å². The zero-order chi connectivity index (χ0) is 14.8. The standard InChI is InChI=1S/C13H15F3O3/c1-7-4-8(2)9(3)11(5-7)19-6-10(12(17)18)13(14,15)16/h4-5,10H,6H2,1-3H3,(H,17,18). The summed E-state index contributed by atoms with van der Waals surface area (Å²) in [6.07, 6.45) is -4.82. The Morgan fingerprint density at radius 1 is 1.32 bits per heavy atom. The topological polar surface area (TPSA) is 46.5 Å². The summed E-state index contributed by atoms with van der Waals surface area (Å²) >= 11 is 0. The van der Waals surface area contributed by atoms with Gasteiger partial charge in [-0.15, -0.1) is 0 Å². The molecule has 0 aliphatic rings. The van der Waals surface area contributed by atoms with Gasteiger partial charge in [0.25, 0.3) is 0 Å². The fourth-order valence-corrected chi connectivity index (χ4v) is 1.63. The van der Waals surface area contributed by atoms with Crippen molar-refractivity contribution in [2.45, 2.75) is 26.9 Å². The predicted molar refractivity (Wildman–Crippen MR) is 63.3 cm³/mol. The molecule has 0 saturated heterocycles. The molecule has 1 unspecified atom stereocenters. The average Bonchev–Trinajstić information content (AvgIpc) is 2.22. The Balaban J connectivity index is 2.89. The molecule has 1 aromatic rings. The molecule has 3 nitrogen and oxygen atoms in total. The monoisotopic (exact) mass is 276 g/mol. The molecule has 0 heterocycles. The highest BCUT2D eigenvalue weighted by molar-refractivity contribution is 5.71. The van der Waals surface area contributed by atoms with Crippen molar-refractivity contribution >= 4 is 5.97 Å². The first-order valence-corrected chi connectivity index (χ1v) is 5.63. The van der Waals surface area contributed by atoms with Crippen LogP contribution in [0, 0.1) is 26.7 Å². The average molecular weight is 276 g/mol. The molecule has 106 valence electrons. The quantitative estimate of drug-likeness (QED) is 0.918. The minimum absolute atomic E-state index is 0.285. The van der Waals surface area contributed by atoms with Crippen LogP contribution < -0.4 is 4.74 Å². The normalized spacial score (nSPS) is 13.2. The van der Waals surface area contributed by atoms with Gasteiger partial charge in [0.15, 0.2) is 5.92 Å². The summed E-state index contributed by atoms with van der Waals surface area (Å²) in [5.74, 6) is -4.17.